The Morgan fingerprint density at radius 3 is 2.74 bits per heavy atom. The zero-order chi connectivity index (χ0) is 18.6. The summed E-state index contributed by atoms with van der Waals surface area (Å²) in [6.45, 7) is 3.25. The van der Waals surface area contributed by atoms with Crippen molar-refractivity contribution < 1.29 is 4.39 Å². The van der Waals surface area contributed by atoms with Crippen LogP contribution < -0.4 is 0 Å². The molecule has 1 atom stereocenters. The molecule has 142 valence electrons. The first-order valence-corrected chi connectivity index (χ1v) is 10.1. The Balaban J connectivity index is 1.31. The number of nitrogens with zero attached hydrogens (tertiary/aromatic N) is 3. The monoisotopic (exact) mass is 365 g/mol. The van der Waals surface area contributed by atoms with Crippen LogP contribution in [0.4, 0.5) is 4.39 Å². The van der Waals surface area contributed by atoms with Gasteiger partial charge in [0.25, 0.3) is 0 Å². The molecule has 0 radical (unpaired) electrons. The van der Waals surface area contributed by atoms with Gasteiger partial charge in [0, 0.05) is 13.6 Å². The molecule has 2 heterocycles. The van der Waals surface area contributed by atoms with Crippen molar-refractivity contribution in [2.24, 2.45) is 13.0 Å². The van der Waals surface area contributed by atoms with E-state index in [4.69, 9.17) is 4.98 Å². The van der Waals surface area contributed by atoms with Crippen LogP contribution in [0.3, 0.4) is 0 Å². The molecule has 27 heavy (non-hydrogen) atoms. The average molecular weight is 365 g/mol. The topological polar surface area (TPSA) is 21.1 Å². The van der Waals surface area contributed by atoms with Gasteiger partial charge in [-0.15, -0.1) is 0 Å². The number of para-hydroxylation sites is 2. The Morgan fingerprint density at radius 2 is 1.93 bits per heavy atom. The molecule has 0 amide bonds. The fourth-order valence-electron chi connectivity index (χ4n) is 4.31. The van der Waals surface area contributed by atoms with Gasteiger partial charge in [-0.2, -0.15) is 0 Å². The van der Waals surface area contributed by atoms with Crippen LogP contribution in [0.2, 0.25) is 0 Å². The Labute approximate surface area is 160 Å². The van der Waals surface area contributed by atoms with Crippen LogP contribution in [-0.2, 0) is 20.0 Å². The van der Waals surface area contributed by atoms with Crippen LogP contribution in [0.15, 0.2) is 48.5 Å². The van der Waals surface area contributed by atoms with Crippen molar-refractivity contribution in [3.8, 4) is 0 Å². The van der Waals surface area contributed by atoms with Crippen molar-refractivity contribution in [3.05, 3.63) is 65.7 Å². The molecule has 0 saturated carbocycles. The lowest BCUT2D eigenvalue weighted by Gasteiger charge is -2.32. The SMILES string of the molecule is Cn1c(CN2CCCC(CCCc3ccc(F)cc3)C2)nc2ccccc21. The number of halogens is 1. The van der Waals surface area contributed by atoms with Crippen molar-refractivity contribution in [1.29, 1.82) is 0 Å². The number of hydrogen-bond acceptors (Lipinski definition) is 2. The van der Waals surface area contributed by atoms with E-state index in [-0.39, 0.29) is 5.82 Å². The Bertz CT molecular complexity index is 884. The lowest BCUT2D eigenvalue weighted by Crippen LogP contribution is -2.35. The Kier molecular flexibility index (Phi) is 5.53. The van der Waals surface area contributed by atoms with Gasteiger partial charge in [0.05, 0.1) is 17.6 Å². The van der Waals surface area contributed by atoms with Crippen LogP contribution in [0.1, 0.15) is 37.1 Å². The number of likely N-dealkylation sites (tertiary alicyclic amines) is 1. The molecule has 1 aliphatic rings. The number of aromatic nitrogens is 2. The molecule has 3 nitrogen and oxygen atoms in total. The summed E-state index contributed by atoms with van der Waals surface area (Å²) >= 11 is 0. The van der Waals surface area contributed by atoms with E-state index in [1.807, 2.05) is 12.1 Å². The second-order valence-electron chi connectivity index (χ2n) is 7.84. The first kappa shape index (κ1) is 18.2. The molecule has 1 unspecified atom stereocenters. The van der Waals surface area contributed by atoms with Gasteiger partial charge in [-0.25, -0.2) is 9.37 Å². The molecule has 1 fully saturated rings. The lowest BCUT2D eigenvalue weighted by atomic mass is 9.92. The van der Waals surface area contributed by atoms with Crippen LogP contribution >= 0.6 is 0 Å². The number of rotatable bonds is 6. The van der Waals surface area contributed by atoms with Gasteiger partial charge in [0.2, 0.25) is 0 Å². The molecule has 0 aliphatic carbocycles. The minimum atomic E-state index is -0.149. The highest BCUT2D eigenvalue weighted by molar-refractivity contribution is 5.75. The molecule has 3 aromatic rings. The molecular formula is C23H28FN3. The second-order valence-corrected chi connectivity index (χ2v) is 7.84. The summed E-state index contributed by atoms with van der Waals surface area (Å²) in [5.41, 5.74) is 3.53. The second kappa shape index (κ2) is 8.22. The summed E-state index contributed by atoms with van der Waals surface area (Å²) < 4.78 is 15.2. The number of hydrogen-bond donors (Lipinski definition) is 0. The van der Waals surface area contributed by atoms with Gasteiger partial charge in [-0.1, -0.05) is 24.3 Å². The van der Waals surface area contributed by atoms with Gasteiger partial charge in [0.1, 0.15) is 11.6 Å². The van der Waals surface area contributed by atoms with Gasteiger partial charge >= 0.3 is 0 Å². The van der Waals surface area contributed by atoms with E-state index in [1.54, 1.807) is 12.1 Å². The number of benzene rings is 2. The fourth-order valence-corrected chi connectivity index (χ4v) is 4.31. The highest BCUT2D eigenvalue weighted by atomic mass is 19.1. The summed E-state index contributed by atoms with van der Waals surface area (Å²) in [4.78, 5) is 7.39. The maximum atomic E-state index is 13.0. The summed E-state index contributed by atoms with van der Waals surface area (Å²) in [7, 11) is 2.12. The van der Waals surface area contributed by atoms with Crippen molar-refractivity contribution in [3.63, 3.8) is 0 Å². The van der Waals surface area contributed by atoms with Gasteiger partial charge in [0.15, 0.2) is 0 Å². The van der Waals surface area contributed by atoms with E-state index in [0.29, 0.717) is 0 Å². The maximum absolute atomic E-state index is 13.0. The zero-order valence-corrected chi connectivity index (χ0v) is 16.1. The van der Waals surface area contributed by atoms with Crippen molar-refractivity contribution in [1.82, 2.24) is 14.5 Å². The van der Waals surface area contributed by atoms with E-state index in [0.717, 1.165) is 43.3 Å². The molecule has 1 saturated heterocycles. The number of piperidine rings is 1. The molecule has 4 rings (SSSR count). The first-order chi connectivity index (χ1) is 13.2. The standard InChI is InChI=1S/C23H28FN3/c1-26-22-10-3-2-9-21(22)25-23(26)17-27-15-5-8-19(16-27)7-4-6-18-11-13-20(24)14-12-18/h2-3,9-14,19H,4-8,15-17H2,1H3. The third-order valence-corrected chi connectivity index (χ3v) is 5.84. The van der Waals surface area contributed by atoms with Crippen LogP contribution in [0.25, 0.3) is 11.0 Å². The minimum absolute atomic E-state index is 0.149. The summed E-state index contributed by atoms with van der Waals surface area (Å²) in [5, 5.41) is 0. The molecule has 1 aromatic heterocycles. The minimum Gasteiger partial charge on any atom is -0.330 e. The van der Waals surface area contributed by atoms with E-state index in [2.05, 4.69) is 40.8 Å². The summed E-state index contributed by atoms with van der Waals surface area (Å²) in [6.07, 6.45) is 6.06. The third kappa shape index (κ3) is 4.38. The number of imidazole rings is 1. The predicted molar refractivity (Wildman–Crippen MR) is 108 cm³/mol. The van der Waals surface area contributed by atoms with Crippen molar-refractivity contribution in [2.45, 2.75) is 38.6 Å². The highest BCUT2D eigenvalue weighted by Crippen LogP contribution is 2.24. The zero-order valence-electron chi connectivity index (χ0n) is 16.1. The molecule has 4 heteroatoms. The molecule has 0 bridgehead atoms. The van der Waals surface area contributed by atoms with Gasteiger partial charge in [-0.05, 0) is 74.4 Å². The lowest BCUT2D eigenvalue weighted by molar-refractivity contribution is 0.156. The average Bonchev–Trinajstić information content (AvgIpc) is 3.00. The molecule has 2 aromatic carbocycles. The van der Waals surface area contributed by atoms with Crippen LogP contribution in [-0.4, -0.2) is 27.5 Å². The molecular weight excluding hydrogens is 337 g/mol. The van der Waals surface area contributed by atoms with Gasteiger partial charge < -0.3 is 4.57 Å². The number of fused-ring (bicyclic) bond motifs is 1. The number of aryl methyl sites for hydroxylation is 2. The van der Waals surface area contributed by atoms with Crippen LogP contribution in [0, 0.1) is 11.7 Å². The quantitative estimate of drug-likeness (QED) is 0.616. The Hall–Kier alpha value is -2.20. The van der Waals surface area contributed by atoms with Crippen LogP contribution in [0.5, 0.6) is 0 Å². The van der Waals surface area contributed by atoms with Crippen molar-refractivity contribution in [2.75, 3.05) is 13.1 Å². The Morgan fingerprint density at radius 1 is 1.11 bits per heavy atom. The fraction of sp³-hybridized carbons (Fsp3) is 0.435. The third-order valence-electron chi connectivity index (χ3n) is 5.84. The summed E-state index contributed by atoms with van der Waals surface area (Å²) in [5.74, 6) is 1.76. The van der Waals surface area contributed by atoms with Crippen molar-refractivity contribution >= 4 is 11.0 Å². The molecule has 0 spiro atoms. The largest absolute Gasteiger partial charge is 0.330 e. The first-order valence-electron chi connectivity index (χ1n) is 10.1. The van der Waals surface area contributed by atoms with E-state index >= 15 is 0 Å². The molecule has 0 N–H and O–H groups in total. The normalized spacial score (nSPS) is 18.2. The van der Waals surface area contributed by atoms with Gasteiger partial charge in [-0.3, -0.25) is 4.90 Å². The van der Waals surface area contributed by atoms with E-state index < -0.39 is 0 Å². The van der Waals surface area contributed by atoms with E-state index in [9.17, 15) is 4.39 Å². The smallest absolute Gasteiger partial charge is 0.123 e. The van der Waals surface area contributed by atoms with E-state index in [1.165, 1.54) is 36.8 Å². The highest BCUT2D eigenvalue weighted by Gasteiger charge is 2.21. The predicted octanol–water partition coefficient (Wildman–Crippen LogP) is 4.95. The summed E-state index contributed by atoms with van der Waals surface area (Å²) in [6, 6.07) is 15.3. The maximum Gasteiger partial charge on any atom is 0.123 e. The molecule has 1 aliphatic heterocycles.